The Labute approximate surface area is 127 Å². The van der Waals surface area contributed by atoms with Crippen molar-refractivity contribution >= 4 is 11.8 Å². The fourth-order valence-electron chi connectivity index (χ4n) is 2.70. The van der Waals surface area contributed by atoms with Crippen molar-refractivity contribution in [1.82, 2.24) is 0 Å². The Bertz CT molecular complexity index is 643. The number of ketones is 1. The molecule has 0 aromatic heterocycles. The smallest absolute Gasteiger partial charge is 0.283 e. The van der Waals surface area contributed by atoms with E-state index in [0.29, 0.717) is 5.56 Å². The van der Waals surface area contributed by atoms with Crippen molar-refractivity contribution in [3.8, 4) is 0 Å². The van der Waals surface area contributed by atoms with Gasteiger partial charge >= 0.3 is 0 Å². The second kappa shape index (κ2) is 5.34. The molecule has 118 valence electrons. The van der Waals surface area contributed by atoms with Gasteiger partial charge in [-0.15, -0.1) is 0 Å². The molecule has 2 aliphatic rings. The standard InChI is InChI=1S/C16H18F2N2O2/c1-16(14(18)8-22-15(19)20-16)11-6-9(2-5-12(11)17)7-13(21)10-3-4-10/h2,5-6,10,14H,3-4,7-8H2,1H3,(H2,19,20)/t14-,16+/m0/s1. The fourth-order valence-corrected chi connectivity index (χ4v) is 2.70. The van der Waals surface area contributed by atoms with Gasteiger partial charge in [0.15, 0.2) is 6.17 Å². The Kier molecular flexibility index (Phi) is 3.62. The van der Waals surface area contributed by atoms with Crippen molar-refractivity contribution in [1.29, 1.82) is 0 Å². The van der Waals surface area contributed by atoms with E-state index in [2.05, 4.69) is 4.99 Å². The predicted molar refractivity (Wildman–Crippen MR) is 77.7 cm³/mol. The van der Waals surface area contributed by atoms with Crippen molar-refractivity contribution in [2.45, 2.75) is 37.9 Å². The van der Waals surface area contributed by atoms with E-state index in [4.69, 9.17) is 10.5 Å². The Hall–Kier alpha value is -1.98. The van der Waals surface area contributed by atoms with Gasteiger partial charge in [0.25, 0.3) is 6.02 Å². The van der Waals surface area contributed by atoms with Crippen LogP contribution in [-0.4, -0.2) is 24.6 Å². The van der Waals surface area contributed by atoms with E-state index in [0.717, 1.165) is 12.8 Å². The van der Waals surface area contributed by atoms with Crippen LogP contribution in [0, 0.1) is 11.7 Å². The molecular formula is C16H18F2N2O2. The first-order chi connectivity index (χ1) is 10.4. The number of carbonyl (C=O) groups is 1. The molecule has 0 saturated heterocycles. The fraction of sp³-hybridized carbons (Fsp3) is 0.500. The van der Waals surface area contributed by atoms with E-state index in [-0.39, 0.29) is 36.3 Å². The number of nitrogens with zero attached hydrogens (tertiary/aromatic N) is 1. The van der Waals surface area contributed by atoms with Gasteiger partial charge in [0.1, 0.15) is 23.7 Å². The van der Waals surface area contributed by atoms with Gasteiger partial charge in [-0.25, -0.2) is 13.8 Å². The number of aliphatic imine (C=N–C) groups is 1. The molecule has 6 heteroatoms. The van der Waals surface area contributed by atoms with E-state index < -0.39 is 17.5 Å². The first-order valence-electron chi connectivity index (χ1n) is 7.34. The van der Waals surface area contributed by atoms with E-state index >= 15 is 0 Å². The van der Waals surface area contributed by atoms with E-state index in [1.165, 1.54) is 19.1 Å². The van der Waals surface area contributed by atoms with E-state index in [1.54, 1.807) is 6.07 Å². The molecule has 1 fully saturated rings. The summed E-state index contributed by atoms with van der Waals surface area (Å²) in [7, 11) is 0. The lowest BCUT2D eigenvalue weighted by Gasteiger charge is -2.33. The largest absolute Gasteiger partial charge is 0.462 e. The molecule has 1 heterocycles. The molecule has 2 atom stereocenters. The molecule has 0 unspecified atom stereocenters. The molecule has 1 aromatic carbocycles. The number of amidine groups is 1. The van der Waals surface area contributed by atoms with Gasteiger partial charge in [0.05, 0.1) is 0 Å². The maximum absolute atomic E-state index is 14.3. The quantitative estimate of drug-likeness (QED) is 0.928. The number of hydrogen-bond acceptors (Lipinski definition) is 4. The molecule has 0 radical (unpaired) electrons. The Morgan fingerprint density at radius 1 is 1.50 bits per heavy atom. The number of nitrogens with two attached hydrogens (primary N) is 1. The SMILES string of the molecule is C[C@]1(c2cc(CC(=O)C3CC3)ccc2F)N=C(N)OC[C@@H]1F. The molecule has 2 N–H and O–H groups in total. The number of hydrogen-bond donors (Lipinski definition) is 1. The molecule has 22 heavy (non-hydrogen) atoms. The third-order valence-electron chi connectivity index (χ3n) is 4.32. The summed E-state index contributed by atoms with van der Waals surface area (Å²) >= 11 is 0. The van der Waals surface area contributed by atoms with Gasteiger partial charge in [0, 0.05) is 17.9 Å². The summed E-state index contributed by atoms with van der Waals surface area (Å²) in [5.74, 6) is -0.282. The first-order valence-corrected chi connectivity index (χ1v) is 7.34. The van der Waals surface area contributed by atoms with Crippen LogP contribution in [0.4, 0.5) is 8.78 Å². The lowest BCUT2D eigenvalue weighted by atomic mass is 9.85. The molecule has 1 saturated carbocycles. The minimum atomic E-state index is -1.51. The van der Waals surface area contributed by atoms with Crippen LogP contribution in [0.2, 0.25) is 0 Å². The molecular weight excluding hydrogens is 290 g/mol. The summed E-state index contributed by atoms with van der Waals surface area (Å²) in [4.78, 5) is 15.9. The number of carbonyl (C=O) groups excluding carboxylic acids is 1. The summed E-state index contributed by atoms with van der Waals surface area (Å²) < 4.78 is 33.3. The highest BCUT2D eigenvalue weighted by Crippen LogP contribution is 2.37. The van der Waals surface area contributed by atoms with Gasteiger partial charge in [0.2, 0.25) is 0 Å². The summed E-state index contributed by atoms with van der Waals surface area (Å²) in [5.41, 5.74) is 4.84. The molecule has 1 aliphatic carbocycles. The average molecular weight is 308 g/mol. The highest BCUT2D eigenvalue weighted by molar-refractivity contribution is 5.85. The Morgan fingerprint density at radius 2 is 2.23 bits per heavy atom. The van der Waals surface area contributed by atoms with Crippen LogP contribution in [0.5, 0.6) is 0 Å². The third-order valence-corrected chi connectivity index (χ3v) is 4.32. The van der Waals surface area contributed by atoms with Crippen LogP contribution >= 0.6 is 0 Å². The van der Waals surface area contributed by atoms with Gasteiger partial charge < -0.3 is 10.5 Å². The van der Waals surface area contributed by atoms with Crippen molar-refractivity contribution in [2.75, 3.05) is 6.61 Å². The van der Waals surface area contributed by atoms with Gasteiger partial charge in [-0.2, -0.15) is 0 Å². The lowest BCUT2D eigenvalue weighted by molar-refractivity contribution is -0.119. The molecule has 0 amide bonds. The monoisotopic (exact) mass is 308 g/mol. The minimum absolute atomic E-state index is 0.104. The summed E-state index contributed by atoms with van der Waals surface area (Å²) in [6.45, 7) is 1.22. The molecule has 1 aliphatic heterocycles. The first kappa shape index (κ1) is 14.9. The summed E-state index contributed by atoms with van der Waals surface area (Å²) in [5, 5.41) is 0. The number of rotatable bonds is 4. The van der Waals surface area contributed by atoms with Crippen molar-refractivity contribution in [3.05, 3.63) is 35.1 Å². The van der Waals surface area contributed by atoms with E-state index in [9.17, 15) is 13.6 Å². The van der Waals surface area contributed by atoms with Crippen LogP contribution in [-0.2, 0) is 21.5 Å². The Morgan fingerprint density at radius 3 is 2.91 bits per heavy atom. The van der Waals surface area contributed by atoms with Crippen LogP contribution in [0.25, 0.3) is 0 Å². The average Bonchev–Trinajstić information content (AvgIpc) is 3.30. The summed E-state index contributed by atoms with van der Waals surface area (Å²) in [6, 6.07) is 4.17. The zero-order valence-corrected chi connectivity index (χ0v) is 12.3. The maximum Gasteiger partial charge on any atom is 0.283 e. The predicted octanol–water partition coefficient (Wildman–Crippen LogP) is 2.25. The van der Waals surface area contributed by atoms with Crippen LogP contribution in [0.1, 0.15) is 30.9 Å². The minimum Gasteiger partial charge on any atom is -0.462 e. The van der Waals surface area contributed by atoms with Crippen molar-refractivity contribution in [2.24, 2.45) is 16.6 Å². The Balaban J connectivity index is 1.95. The van der Waals surface area contributed by atoms with Gasteiger partial charge in [-0.1, -0.05) is 6.07 Å². The topological polar surface area (TPSA) is 64.7 Å². The third kappa shape index (κ3) is 2.69. The zero-order valence-electron chi connectivity index (χ0n) is 12.3. The highest BCUT2D eigenvalue weighted by atomic mass is 19.1. The maximum atomic E-state index is 14.3. The molecule has 0 spiro atoms. The number of benzene rings is 1. The molecule has 3 rings (SSSR count). The zero-order chi connectivity index (χ0) is 15.9. The molecule has 0 bridgehead atoms. The number of Topliss-reactive ketones (excluding diaryl/α,β-unsaturated/α-hetero) is 1. The van der Waals surface area contributed by atoms with Crippen LogP contribution < -0.4 is 5.73 Å². The van der Waals surface area contributed by atoms with Crippen LogP contribution in [0.15, 0.2) is 23.2 Å². The summed E-state index contributed by atoms with van der Waals surface area (Å²) in [6.07, 6.45) is 0.578. The molecule has 4 nitrogen and oxygen atoms in total. The number of ether oxygens (including phenoxy) is 1. The molecule has 1 aromatic rings. The van der Waals surface area contributed by atoms with Gasteiger partial charge in [-0.3, -0.25) is 4.79 Å². The number of alkyl halides is 1. The van der Waals surface area contributed by atoms with Crippen LogP contribution in [0.3, 0.4) is 0 Å². The second-order valence-electron chi connectivity index (χ2n) is 6.11. The lowest BCUT2D eigenvalue weighted by Crippen LogP contribution is -2.43. The number of halogens is 2. The van der Waals surface area contributed by atoms with Crippen molar-refractivity contribution < 1.29 is 18.3 Å². The highest BCUT2D eigenvalue weighted by Gasteiger charge is 2.42. The van der Waals surface area contributed by atoms with Crippen molar-refractivity contribution in [3.63, 3.8) is 0 Å². The normalized spacial score (nSPS) is 28.0. The van der Waals surface area contributed by atoms with Gasteiger partial charge in [-0.05, 0) is 37.5 Å². The second-order valence-corrected chi connectivity index (χ2v) is 6.11. The van der Waals surface area contributed by atoms with E-state index in [1.807, 2.05) is 0 Å².